The van der Waals surface area contributed by atoms with Gasteiger partial charge in [-0.05, 0) is 38.0 Å². The third-order valence-corrected chi connectivity index (χ3v) is 4.45. The number of aliphatic hydroxyl groups is 1. The van der Waals surface area contributed by atoms with Crippen LogP contribution in [0.5, 0.6) is 0 Å². The first kappa shape index (κ1) is 15.4. The van der Waals surface area contributed by atoms with Gasteiger partial charge in [0.1, 0.15) is 0 Å². The van der Waals surface area contributed by atoms with Crippen LogP contribution in [0.1, 0.15) is 52.9 Å². The summed E-state index contributed by atoms with van der Waals surface area (Å²) in [6.45, 7) is 7.65. The van der Waals surface area contributed by atoms with Crippen molar-refractivity contribution in [2.24, 2.45) is 11.1 Å². The SMILES string of the molecule is CCCC(C)(N)C(=O)N1CCC(CC)(CO)CC1. The fourth-order valence-electron chi connectivity index (χ4n) is 2.80. The summed E-state index contributed by atoms with van der Waals surface area (Å²) >= 11 is 0. The molecule has 0 radical (unpaired) electrons. The molecule has 1 aliphatic rings. The van der Waals surface area contributed by atoms with Gasteiger partial charge in [-0.3, -0.25) is 4.79 Å². The maximum absolute atomic E-state index is 12.3. The summed E-state index contributed by atoms with van der Waals surface area (Å²) in [6, 6.07) is 0. The molecule has 1 aliphatic heterocycles. The molecule has 106 valence electrons. The second-order valence-corrected chi connectivity index (χ2v) is 5.97. The number of carbonyl (C=O) groups excluding carboxylic acids is 1. The summed E-state index contributed by atoms with van der Waals surface area (Å²) in [4.78, 5) is 14.2. The summed E-state index contributed by atoms with van der Waals surface area (Å²) in [7, 11) is 0. The minimum Gasteiger partial charge on any atom is -0.396 e. The average molecular weight is 256 g/mol. The quantitative estimate of drug-likeness (QED) is 0.783. The molecule has 1 amide bonds. The van der Waals surface area contributed by atoms with E-state index in [1.807, 2.05) is 18.7 Å². The predicted molar refractivity (Wildman–Crippen MR) is 73.1 cm³/mol. The van der Waals surface area contributed by atoms with Crippen LogP contribution in [0.25, 0.3) is 0 Å². The molecule has 1 unspecified atom stereocenters. The van der Waals surface area contributed by atoms with Gasteiger partial charge in [0.2, 0.25) is 5.91 Å². The van der Waals surface area contributed by atoms with E-state index in [1.54, 1.807) is 0 Å². The lowest BCUT2D eigenvalue weighted by molar-refractivity contribution is -0.139. The number of nitrogens with two attached hydrogens (primary N) is 1. The van der Waals surface area contributed by atoms with Crippen molar-refractivity contribution in [3.63, 3.8) is 0 Å². The highest BCUT2D eigenvalue weighted by molar-refractivity contribution is 5.85. The van der Waals surface area contributed by atoms with Crippen molar-refractivity contribution in [2.75, 3.05) is 19.7 Å². The monoisotopic (exact) mass is 256 g/mol. The molecule has 1 fully saturated rings. The first-order valence-corrected chi connectivity index (χ1v) is 7.10. The van der Waals surface area contributed by atoms with Crippen LogP contribution in [-0.4, -0.2) is 41.1 Å². The summed E-state index contributed by atoms with van der Waals surface area (Å²) in [6.07, 6.45) is 4.38. The molecule has 1 saturated heterocycles. The second-order valence-electron chi connectivity index (χ2n) is 5.97. The normalized spacial score (nSPS) is 22.6. The highest BCUT2D eigenvalue weighted by Gasteiger charge is 2.38. The van der Waals surface area contributed by atoms with E-state index in [9.17, 15) is 9.90 Å². The Morgan fingerprint density at radius 1 is 1.39 bits per heavy atom. The van der Waals surface area contributed by atoms with E-state index in [0.29, 0.717) is 0 Å². The fraction of sp³-hybridized carbons (Fsp3) is 0.929. The number of aliphatic hydroxyl groups excluding tert-OH is 1. The molecule has 0 aromatic heterocycles. The Balaban J connectivity index is 2.60. The maximum atomic E-state index is 12.3. The third kappa shape index (κ3) is 3.23. The number of nitrogens with zero attached hydrogens (tertiary/aromatic N) is 1. The second kappa shape index (κ2) is 6.02. The van der Waals surface area contributed by atoms with Crippen molar-refractivity contribution in [1.29, 1.82) is 0 Å². The van der Waals surface area contributed by atoms with Crippen molar-refractivity contribution in [2.45, 2.75) is 58.4 Å². The summed E-state index contributed by atoms with van der Waals surface area (Å²) < 4.78 is 0. The number of piperidine rings is 1. The number of carbonyl (C=O) groups is 1. The van der Waals surface area contributed by atoms with Gasteiger partial charge in [-0.2, -0.15) is 0 Å². The van der Waals surface area contributed by atoms with Crippen LogP contribution in [0.4, 0.5) is 0 Å². The predicted octanol–water partition coefficient (Wildman–Crippen LogP) is 1.51. The Morgan fingerprint density at radius 2 is 1.94 bits per heavy atom. The zero-order valence-electron chi connectivity index (χ0n) is 12.0. The highest BCUT2D eigenvalue weighted by atomic mass is 16.3. The summed E-state index contributed by atoms with van der Waals surface area (Å²) in [5, 5.41) is 9.48. The Bertz CT molecular complexity index is 276. The number of amides is 1. The van der Waals surface area contributed by atoms with Crippen LogP contribution in [0, 0.1) is 5.41 Å². The third-order valence-electron chi connectivity index (χ3n) is 4.45. The van der Waals surface area contributed by atoms with Crippen molar-refractivity contribution in [3.05, 3.63) is 0 Å². The van der Waals surface area contributed by atoms with E-state index in [2.05, 4.69) is 6.92 Å². The van der Waals surface area contributed by atoms with Crippen molar-refractivity contribution >= 4 is 5.91 Å². The minimum atomic E-state index is -0.736. The Labute approximate surface area is 111 Å². The first-order chi connectivity index (χ1) is 8.40. The van der Waals surface area contributed by atoms with E-state index in [1.165, 1.54) is 0 Å². The van der Waals surface area contributed by atoms with Gasteiger partial charge in [-0.25, -0.2) is 0 Å². The van der Waals surface area contributed by atoms with Crippen molar-refractivity contribution in [3.8, 4) is 0 Å². The molecule has 0 bridgehead atoms. The molecular formula is C14H28N2O2. The lowest BCUT2D eigenvalue weighted by atomic mass is 9.76. The zero-order valence-corrected chi connectivity index (χ0v) is 12.0. The molecule has 0 spiro atoms. The number of likely N-dealkylation sites (tertiary alicyclic amines) is 1. The molecule has 4 nitrogen and oxygen atoms in total. The molecule has 1 atom stereocenters. The van der Waals surface area contributed by atoms with Crippen LogP contribution in [0.15, 0.2) is 0 Å². The van der Waals surface area contributed by atoms with Gasteiger partial charge in [0.15, 0.2) is 0 Å². The standard InChI is InChI=1S/C14H28N2O2/c1-4-6-13(3,15)12(18)16-9-7-14(5-2,11-17)8-10-16/h17H,4-11,15H2,1-3H3. The Kier molecular flexibility index (Phi) is 5.17. The highest BCUT2D eigenvalue weighted by Crippen LogP contribution is 2.34. The molecule has 3 N–H and O–H groups in total. The number of hydrogen-bond acceptors (Lipinski definition) is 3. The van der Waals surface area contributed by atoms with Gasteiger partial charge >= 0.3 is 0 Å². The van der Waals surface area contributed by atoms with Gasteiger partial charge in [0.05, 0.1) is 5.54 Å². The lowest BCUT2D eigenvalue weighted by Crippen LogP contribution is -2.56. The van der Waals surface area contributed by atoms with Crippen LogP contribution in [-0.2, 0) is 4.79 Å². The van der Waals surface area contributed by atoms with E-state index in [-0.39, 0.29) is 17.9 Å². The van der Waals surface area contributed by atoms with E-state index >= 15 is 0 Å². The molecule has 18 heavy (non-hydrogen) atoms. The van der Waals surface area contributed by atoms with Crippen molar-refractivity contribution in [1.82, 2.24) is 4.90 Å². The summed E-state index contributed by atoms with van der Waals surface area (Å²) in [5.41, 5.74) is 5.38. The number of rotatable bonds is 5. The molecular weight excluding hydrogens is 228 g/mol. The minimum absolute atomic E-state index is 0.0204. The van der Waals surface area contributed by atoms with Crippen LogP contribution in [0.2, 0.25) is 0 Å². The largest absolute Gasteiger partial charge is 0.396 e. The van der Waals surface area contributed by atoms with Crippen LogP contribution < -0.4 is 5.73 Å². The zero-order chi connectivity index (χ0) is 13.8. The number of hydrogen-bond donors (Lipinski definition) is 2. The topological polar surface area (TPSA) is 66.6 Å². The molecule has 0 aromatic rings. The van der Waals surface area contributed by atoms with Gasteiger partial charge in [0, 0.05) is 19.7 Å². The average Bonchev–Trinajstić information content (AvgIpc) is 2.38. The van der Waals surface area contributed by atoms with Gasteiger partial charge in [-0.15, -0.1) is 0 Å². The Hall–Kier alpha value is -0.610. The smallest absolute Gasteiger partial charge is 0.242 e. The molecule has 1 heterocycles. The first-order valence-electron chi connectivity index (χ1n) is 7.10. The maximum Gasteiger partial charge on any atom is 0.242 e. The van der Waals surface area contributed by atoms with Gasteiger partial charge in [-0.1, -0.05) is 20.3 Å². The molecule has 1 rings (SSSR count). The van der Waals surface area contributed by atoms with Crippen LogP contribution in [0.3, 0.4) is 0 Å². The van der Waals surface area contributed by atoms with Gasteiger partial charge < -0.3 is 15.7 Å². The molecule has 0 saturated carbocycles. The van der Waals surface area contributed by atoms with E-state index < -0.39 is 5.54 Å². The molecule has 0 aromatic carbocycles. The van der Waals surface area contributed by atoms with Crippen molar-refractivity contribution < 1.29 is 9.90 Å². The fourth-order valence-corrected chi connectivity index (χ4v) is 2.80. The summed E-state index contributed by atoms with van der Waals surface area (Å²) in [5.74, 6) is 0.0620. The van der Waals surface area contributed by atoms with E-state index in [0.717, 1.165) is 45.2 Å². The lowest BCUT2D eigenvalue weighted by Gasteiger charge is -2.42. The molecule has 4 heteroatoms. The Morgan fingerprint density at radius 3 is 2.33 bits per heavy atom. The van der Waals surface area contributed by atoms with Gasteiger partial charge in [0.25, 0.3) is 0 Å². The van der Waals surface area contributed by atoms with E-state index in [4.69, 9.17) is 5.73 Å². The molecule has 0 aliphatic carbocycles. The van der Waals surface area contributed by atoms with Crippen LogP contribution >= 0.6 is 0 Å².